The first kappa shape index (κ1) is 24.8. The summed E-state index contributed by atoms with van der Waals surface area (Å²) < 4.78 is 22.2. The van der Waals surface area contributed by atoms with E-state index in [1.165, 1.54) is 14.2 Å². The molecule has 1 rings (SSSR count). The molecule has 1 heterocycles. The van der Waals surface area contributed by atoms with E-state index in [0.29, 0.717) is 11.8 Å². The molecule has 164 valence electrons. The van der Waals surface area contributed by atoms with Gasteiger partial charge in [0.25, 0.3) is 0 Å². The number of amides is 2. The van der Waals surface area contributed by atoms with Crippen LogP contribution in [0.1, 0.15) is 53.4 Å². The number of hydrogen-bond donors (Lipinski definition) is 2. The summed E-state index contributed by atoms with van der Waals surface area (Å²) in [5.41, 5.74) is 0. The first-order valence-corrected chi connectivity index (χ1v) is 10.1. The molecule has 1 aliphatic rings. The lowest BCUT2D eigenvalue weighted by Crippen LogP contribution is -2.45. The molecule has 0 aliphatic carbocycles. The van der Waals surface area contributed by atoms with Gasteiger partial charge in [-0.25, -0.2) is 0 Å². The molecular weight excluding hydrogens is 364 g/mol. The van der Waals surface area contributed by atoms with Gasteiger partial charge >= 0.3 is 0 Å². The van der Waals surface area contributed by atoms with Crippen LogP contribution in [0.15, 0.2) is 0 Å². The molecule has 2 amide bonds. The van der Waals surface area contributed by atoms with Crippen molar-refractivity contribution in [2.24, 2.45) is 11.8 Å². The van der Waals surface area contributed by atoms with E-state index in [4.69, 9.17) is 18.9 Å². The first-order valence-electron chi connectivity index (χ1n) is 10.1. The Morgan fingerprint density at radius 2 is 1.18 bits per heavy atom. The molecule has 4 atom stereocenters. The molecule has 0 spiro atoms. The van der Waals surface area contributed by atoms with Gasteiger partial charge in [0.2, 0.25) is 11.8 Å². The Morgan fingerprint density at radius 1 is 0.821 bits per heavy atom. The van der Waals surface area contributed by atoms with Crippen molar-refractivity contribution in [3.63, 3.8) is 0 Å². The van der Waals surface area contributed by atoms with Crippen molar-refractivity contribution in [1.82, 2.24) is 10.6 Å². The molecule has 1 aliphatic heterocycles. The number of ether oxygens (including phenoxy) is 4. The average Bonchev–Trinajstić information content (AvgIpc) is 2.59. The summed E-state index contributed by atoms with van der Waals surface area (Å²) in [5.74, 6) is 0.444. The van der Waals surface area contributed by atoms with Crippen molar-refractivity contribution in [1.29, 1.82) is 0 Å². The number of nitrogens with one attached hydrogen (secondary N) is 2. The lowest BCUT2D eigenvalue weighted by Gasteiger charge is -2.27. The third kappa shape index (κ3) is 10.4. The highest BCUT2D eigenvalue weighted by molar-refractivity contribution is 5.77. The van der Waals surface area contributed by atoms with Crippen LogP contribution in [0, 0.1) is 11.8 Å². The van der Waals surface area contributed by atoms with E-state index in [9.17, 15) is 9.59 Å². The third-order valence-corrected chi connectivity index (χ3v) is 4.44. The van der Waals surface area contributed by atoms with Crippen LogP contribution in [0.5, 0.6) is 0 Å². The molecule has 0 aromatic carbocycles. The van der Waals surface area contributed by atoms with Gasteiger partial charge in [-0.05, 0) is 24.7 Å². The van der Waals surface area contributed by atoms with Crippen molar-refractivity contribution in [3.8, 4) is 0 Å². The van der Waals surface area contributed by atoms with Crippen LogP contribution in [0.25, 0.3) is 0 Å². The lowest BCUT2D eigenvalue weighted by molar-refractivity contribution is -0.161. The maximum Gasteiger partial charge on any atom is 0.225 e. The predicted molar refractivity (Wildman–Crippen MR) is 106 cm³/mol. The van der Waals surface area contributed by atoms with E-state index in [1.54, 1.807) is 0 Å². The van der Waals surface area contributed by atoms with Crippen LogP contribution in [-0.2, 0) is 28.5 Å². The largest absolute Gasteiger partial charge is 0.355 e. The Morgan fingerprint density at radius 3 is 1.46 bits per heavy atom. The number of carbonyl (C=O) groups is 2. The molecule has 0 unspecified atom stereocenters. The molecule has 2 N–H and O–H groups in total. The Bertz CT molecular complexity index is 430. The Hall–Kier alpha value is -1.22. The number of methoxy groups -OCH3 is 2. The van der Waals surface area contributed by atoms with E-state index in [-0.39, 0.29) is 50.0 Å². The monoisotopic (exact) mass is 402 g/mol. The van der Waals surface area contributed by atoms with Gasteiger partial charge in [-0.2, -0.15) is 0 Å². The minimum Gasteiger partial charge on any atom is -0.355 e. The lowest BCUT2D eigenvalue weighted by atomic mass is 10.0. The van der Waals surface area contributed by atoms with Crippen LogP contribution in [0.4, 0.5) is 0 Å². The Kier molecular flexibility index (Phi) is 11.6. The van der Waals surface area contributed by atoms with Gasteiger partial charge in [-0.15, -0.1) is 0 Å². The summed E-state index contributed by atoms with van der Waals surface area (Å²) in [6.45, 7) is 8.85. The molecule has 28 heavy (non-hydrogen) atoms. The molecule has 8 nitrogen and oxygen atoms in total. The molecule has 0 aromatic heterocycles. The van der Waals surface area contributed by atoms with E-state index < -0.39 is 12.6 Å². The van der Waals surface area contributed by atoms with Crippen molar-refractivity contribution in [3.05, 3.63) is 0 Å². The summed E-state index contributed by atoms with van der Waals surface area (Å²) in [6, 6.07) is -0.357. The summed E-state index contributed by atoms with van der Waals surface area (Å²) in [7, 11) is 3.02. The summed E-state index contributed by atoms with van der Waals surface area (Å²) in [4.78, 5) is 24.9. The van der Waals surface area contributed by atoms with Crippen LogP contribution in [-0.4, -0.2) is 63.9 Å². The first-order chi connectivity index (χ1) is 13.2. The molecule has 0 bridgehead atoms. The van der Waals surface area contributed by atoms with Gasteiger partial charge in [0.15, 0.2) is 12.6 Å². The standard InChI is InChI=1S/C20H38N2O6/c1-13(2)7-15-11-27-19(25-5)10-18(24)22-16(8-14(3)4)12-28-20(26-6)9-17(23)21-15/h13-16,19-20H,7-12H2,1-6H3,(H,21,23)(H,22,24)/t15-,16-,19+,20+/m0/s1. The number of hydrogen-bond acceptors (Lipinski definition) is 6. The summed E-state index contributed by atoms with van der Waals surface area (Å²) in [5, 5.41) is 5.97. The maximum atomic E-state index is 12.4. The summed E-state index contributed by atoms with van der Waals surface area (Å²) in [6.07, 6.45) is 0.346. The van der Waals surface area contributed by atoms with Gasteiger partial charge in [0.1, 0.15) is 0 Å². The van der Waals surface area contributed by atoms with E-state index >= 15 is 0 Å². The van der Waals surface area contributed by atoms with Crippen molar-refractivity contribution >= 4 is 11.8 Å². The van der Waals surface area contributed by atoms with E-state index in [0.717, 1.165) is 12.8 Å². The second kappa shape index (κ2) is 13.1. The minimum absolute atomic E-state index is 0.0845. The smallest absolute Gasteiger partial charge is 0.225 e. The number of carbonyl (C=O) groups excluding carboxylic acids is 2. The van der Waals surface area contributed by atoms with Gasteiger partial charge in [0, 0.05) is 14.2 Å². The highest BCUT2D eigenvalue weighted by atomic mass is 16.7. The fourth-order valence-corrected chi connectivity index (χ4v) is 3.22. The highest BCUT2D eigenvalue weighted by Gasteiger charge is 2.24. The van der Waals surface area contributed by atoms with Crippen molar-refractivity contribution in [2.45, 2.75) is 78.0 Å². The predicted octanol–water partition coefficient (Wildman–Crippen LogP) is 1.82. The van der Waals surface area contributed by atoms with Crippen LogP contribution in [0.3, 0.4) is 0 Å². The summed E-state index contributed by atoms with van der Waals surface area (Å²) >= 11 is 0. The number of rotatable bonds is 6. The van der Waals surface area contributed by atoms with Crippen molar-refractivity contribution < 1.29 is 28.5 Å². The van der Waals surface area contributed by atoms with E-state index in [2.05, 4.69) is 38.3 Å². The normalized spacial score (nSPS) is 28.7. The molecule has 1 fully saturated rings. The van der Waals surface area contributed by atoms with Gasteiger partial charge in [0.05, 0.1) is 38.1 Å². The molecule has 0 aromatic rings. The Balaban J connectivity index is 2.90. The zero-order chi connectivity index (χ0) is 21.1. The fourth-order valence-electron chi connectivity index (χ4n) is 3.22. The zero-order valence-corrected chi connectivity index (χ0v) is 18.2. The van der Waals surface area contributed by atoms with E-state index in [1.807, 2.05) is 0 Å². The Labute approximate surface area is 169 Å². The van der Waals surface area contributed by atoms with Gasteiger partial charge < -0.3 is 29.6 Å². The molecule has 8 heteroatoms. The zero-order valence-electron chi connectivity index (χ0n) is 18.2. The molecule has 0 radical (unpaired) electrons. The molecular formula is C20H38N2O6. The minimum atomic E-state index is -0.665. The molecule has 1 saturated heterocycles. The maximum absolute atomic E-state index is 12.4. The second-order valence-electron chi connectivity index (χ2n) is 8.19. The van der Waals surface area contributed by atoms with Gasteiger partial charge in [-0.3, -0.25) is 9.59 Å². The highest BCUT2D eigenvalue weighted by Crippen LogP contribution is 2.12. The quantitative estimate of drug-likeness (QED) is 0.704. The average molecular weight is 403 g/mol. The fraction of sp³-hybridized carbons (Fsp3) is 0.900. The topological polar surface area (TPSA) is 95.1 Å². The van der Waals surface area contributed by atoms with Crippen molar-refractivity contribution in [2.75, 3.05) is 27.4 Å². The SMILES string of the molecule is CO[C@H]1CC(=O)N[C@@H](CC(C)C)CO[C@@H](OC)CC(=O)N[C@@H](CC(C)C)CO1. The molecule has 0 saturated carbocycles. The third-order valence-electron chi connectivity index (χ3n) is 4.44. The van der Waals surface area contributed by atoms with Crippen LogP contribution < -0.4 is 10.6 Å². The van der Waals surface area contributed by atoms with Crippen LogP contribution in [0.2, 0.25) is 0 Å². The second-order valence-corrected chi connectivity index (χ2v) is 8.19. The van der Waals surface area contributed by atoms with Gasteiger partial charge in [-0.1, -0.05) is 27.7 Å². The van der Waals surface area contributed by atoms with Crippen LogP contribution >= 0.6 is 0 Å².